The third-order valence-corrected chi connectivity index (χ3v) is 5.98. The number of thioether (sulfide) groups is 1. The Balaban J connectivity index is 2.81. The van der Waals surface area contributed by atoms with Crippen molar-refractivity contribution >= 4 is 28.3 Å². The van der Waals surface area contributed by atoms with Crippen LogP contribution in [0, 0.1) is 0 Å². The lowest BCUT2D eigenvalue weighted by atomic mass is 10.3. The van der Waals surface area contributed by atoms with E-state index in [0.717, 1.165) is 12.2 Å². The molecule has 4 heteroatoms. The smallest absolute Gasteiger partial charge is 0.158 e. The summed E-state index contributed by atoms with van der Waals surface area (Å²) in [4.78, 5) is 11.1. The molecule has 0 amide bonds. The van der Waals surface area contributed by atoms with Gasteiger partial charge in [-0.25, -0.2) is 0 Å². The number of Topliss-reactive ketones (excluding diaryl/α,β-unsaturated/α-hetero) is 1. The molecular weight excluding hydrogens is 180 g/mol. The molecule has 2 atom stereocenters. The Labute approximate surface area is 73.6 Å². The molecule has 1 saturated heterocycles. The second kappa shape index (κ2) is 3.27. The van der Waals surface area contributed by atoms with E-state index < -0.39 is 14.9 Å². The Morgan fingerprint density at radius 3 is 2.64 bits per heavy atom. The van der Waals surface area contributed by atoms with E-state index >= 15 is 0 Å². The van der Waals surface area contributed by atoms with Crippen LogP contribution < -0.4 is 0 Å². The van der Waals surface area contributed by atoms with Crippen LogP contribution in [0.5, 0.6) is 0 Å². The standard InChI is InChI=1S/C7H12O2S2/c1-6(8)7(2)10-4-3-5-11(7)9/h3-5H2,1-2H3. The molecule has 0 aromatic rings. The van der Waals surface area contributed by atoms with Gasteiger partial charge in [-0.15, -0.1) is 11.8 Å². The van der Waals surface area contributed by atoms with Crippen molar-refractivity contribution in [3.8, 4) is 0 Å². The number of carbonyl (C=O) groups is 1. The first-order valence-electron chi connectivity index (χ1n) is 3.61. The molecule has 1 rings (SSSR count). The first kappa shape index (κ1) is 9.26. The summed E-state index contributed by atoms with van der Waals surface area (Å²) in [5.74, 6) is 1.69. The molecular formula is C7H12O2S2. The Kier molecular flexibility index (Phi) is 2.75. The average Bonchev–Trinajstić information content (AvgIpc) is 1.95. The molecule has 0 N–H and O–H groups in total. The fraction of sp³-hybridized carbons (Fsp3) is 0.857. The van der Waals surface area contributed by atoms with Crippen LogP contribution in [-0.2, 0) is 15.6 Å². The molecule has 0 aromatic carbocycles. The third kappa shape index (κ3) is 1.67. The zero-order valence-electron chi connectivity index (χ0n) is 6.75. The van der Waals surface area contributed by atoms with Crippen molar-refractivity contribution in [1.82, 2.24) is 0 Å². The van der Waals surface area contributed by atoms with Crippen LogP contribution in [0.3, 0.4) is 0 Å². The van der Waals surface area contributed by atoms with E-state index in [1.165, 1.54) is 18.7 Å². The van der Waals surface area contributed by atoms with Crippen molar-refractivity contribution in [2.45, 2.75) is 24.3 Å². The molecule has 11 heavy (non-hydrogen) atoms. The molecule has 2 nitrogen and oxygen atoms in total. The van der Waals surface area contributed by atoms with E-state index in [1.807, 2.05) is 0 Å². The van der Waals surface area contributed by atoms with Crippen molar-refractivity contribution in [2.24, 2.45) is 0 Å². The summed E-state index contributed by atoms with van der Waals surface area (Å²) >= 11 is 1.53. The lowest BCUT2D eigenvalue weighted by molar-refractivity contribution is -0.117. The van der Waals surface area contributed by atoms with Crippen molar-refractivity contribution in [1.29, 1.82) is 0 Å². The fourth-order valence-electron chi connectivity index (χ4n) is 0.979. The van der Waals surface area contributed by atoms with E-state index in [1.54, 1.807) is 6.92 Å². The van der Waals surface area contributed by atoms with Gasteiger partial charge in [0, 0.05) is 16.6 Å². The van der Waals surface area contributed by atoms with Gasteiger partial charge in [-0.05, 0) is 26.0 Å². The maximum Gasteiger partial charge on any atom is 0.158 e. The largest absolute Gasteiger partial charge is 0.297 e. The molecule has 64 valence electrons. The molecule has 1 fully saturated rings. The monoisotopic (exact) mass is 192 g/mol. The van der Waals surface area contributed by atoms with Gasteiger partial charge in [-0.3, -0.25) is 9.00 Å². The van der Waals surface area contributed by atoms with E-state index in [4.69, 9.17) is 0 Å². The highest BCUT2D eigenvalue weighted by molar-refractivity contribution is 8.14. The second-order valence-electron chi connectivity index (χ2n) is 2.75. The van der Waals surface area contributed by atoms with Crippen LogP contribution in [-0.4, -0.2) is 25.6 Å². The van der Waals surface area contributed by atoms with Gasteiger partial charge in [-0.1, -0.05) is 0 Å². The minimum atomic E-state index is -0.960. The SMILES string of the molecule is CC(=O)C1(C)SCCCS1=O. The summed E-state index contributed by atoms with van der Waals surface area (Å²) in [7, 11) is -0.960. The van der Waals surface area contributed by atoms with Gasteiger partial charge >= 0.3 is 0 Å². The number of carbonyl (C=O) groups excluding carboxylic acids is 1. The van der Waals surface area contributed by atoms with E-state index in [9.17, 15) is 9.00 Å². The van der Waals surface area contributed by atoms with Gasteiger partial charge in [0.25, 0.3) is 0 Å². The Morgan fingerprint density at radius 1 is 1.64 bits per heavy atom. The number of rotatable bonds is 1. The lowest BCUT2D eigenvalue weighted by Crippen LogP contribution is -2.39. The normalized spacial score (nSPS) is 38.5. The minimum Gasteiger partial charge on any atom is -0.297 e. The summed E-state index contributed by atoms with van der Waals surface area (Å²) in [6.07, 6.45) is 0.972. The van der Waals surface area contributed by atoms with Crippen LogP contribution in [0.1, 0.15) is 20.3 Å². The van der Waals surface area contributed by atoms with Gasteiger partial charge in [-0.2, -0.15) is 0 Å². The van der Waals surface area contributed by atoms with E-state index in [2.05, 4.69) is 0 Å². The fourth-order valence-corrected chi connectivity index (χ4v) is 4.19. The third-order valence-electron chi connectivity index (χ3n) is 1.93. The zero-order valence-corrected chi connectivity index (χ0v) is 8.39. The lowest BCUT2D eigenvalue weighted by Gasteiger charge is -2.29. The van der Waals surface area contributed by atoms with Gasteiger partial charge in [0.1, 0.15) is 4.08 Å². The minimum absolute atomic E-state index is 0.0422. The summed E-state index contributed by atoms with van der Waals surface area (Å²) in [5.41, 5.74) is 0. The van der Waals surface area contributed by atoms with Gasteiger partial charge in [0.05, 0.1) is 0 Å². The Bertz CT molecular complexity index is 203. The maximum atomic E-state index is 11.4. The maximum absolute atomic E-state index is 11.4. The predicted octanol–water partition coefficient (Wildman–Crippen LogP) is 1.18. The highest BCUT2D eigenvalue weighted by atomic mass is 32.2. The molecule has 0 spiro atoms. The first-order chi connectivity index (χ1) is 5.07. The van der Waals surface area contributed by atoms with Crippen molar-refractivity contribution < 1.29 is 9.00 Å². The van der Waals surface area contributed by atoms with Crippen molar-refractivity contribution in [2.75, 3.05) is 11.5 Å². The van der Waals surface area contributed by atoms with Crippen molar-refractivity contribution in [3.05, 3.63) is 0 Å². The molecule has 0 aromatic heterocycles. The van der Waals surface area contributed by atoms with E-state index in [0.29, 0.717) is 5.75 Å². The van der Waals surface area contributed by atoms with Crippen LogP contribution >= 0.6 is 11.8 Å². The molecule has 1 heterocycles. The average molecular weight is 192 g/mol. The molecule has 0 bridgehead atoms. The molecule has 1 aliphatic rings. The number of hydrogen-bond acceptors (Lipinski definition) is 3. The van der Waals surface area contributed by atoms with Gasteiger partial charge in [0.15, 0.2) is 5.78 Å². The summed E-state index contributed by atoms with van der Waals surface area (Å²) < 4.78 is 10.8. The van der Waals surface area contributed by atoms with Crippen LogP contribution in [0.25, 0.3) is 0 Å². The second-order valence-corrected chi connectivity index (χ2v) is 6.44. The quantitative estimate of drug-likeness (QED) is 0.625. The van der Waals surface area contributed by atoms with Gasteiger partial charge in [0.2, 0.25) is 0 Å². The topological polar surface area (TPSA) is 34.1 Å². The van der Waals surface area contributed by atoms with E-state index in [-0.39, 0.29) is 5.78 Å². The Morgan fingerprint density at radius 2 is 2.27 bits per heavy atom. The molecule has 0 saturated carbocycles. The number of hydrogen-bond donors (Lipinski definition) is 0. The molecule has 0 aliphatic carbocycles. The highest BCUT2D eigenvalue weighted by Crippen LogP contribution is 2.34. The summed E-state index contributed by atoms with van der Waals surface area (Å²) in [5, 5.41) is 0. The Hall–Kier alpha value is 0.170. The van der Waals surface area contributed by atoms with Crippen LogP contribution in [0.4, 0.5) is 0 Å². The molecule has 2 unspecified atom stereocenters. The van der Waals surface area contributed by atoms with Crippen LogP contribution in [0.2, 0.25) is 0 Å². The molecule has 0 radical (unpaired) electrons. The van der Waals surface area contributed by atoms with Gasteiger partial charge < -0.3 is 0 Å². The summed E-state index contributed by atoms with van der Waals surface area (Å²) in [6, 6.07) is 0. The predicted molar refractivity (Wildman–Crippen MR) is 49.2 cm³/mol. The van der Waals surface area contributed by atoms with Crippen molar-refractivity contribution in [3.63, 3.8) is 0 Å². The first-order valence-corrected chi connectivity index (χ1v) is 5.91. The van der Waals surface area contributed by atoms with Crippen LogP contribution in [0.15, 0.2) is 0 Å². The number of ketones is 1. The molecule has 1 aliphatic heterocycles. The zero-order chi connectivity index (χ0) is 8.48. The highest BCUT2D eigenvalue weighted by Gasteiger charge is 2.39. The summed E-state index contributed by atoms with van der Waals surface area (Å²) in [6.45, 7) is 3.31.